The molecule has 1 N–H and O–H groups in total. The second kappa shape index (κ2) is 7.14. The molecular formula is C13H21NO3. The van der Waals surface area contributed by atoms with E-state index in [1.165, 1.54) is 0 Å². The molecule has 0 amide bonds. The highest BCUT2D eigenvalue weighted by Crippen LogP contribution is 2.33. The van der Waals surface area contributed by atoms with Gasteiger partial charge < -0.3 is 19.5 Å². The summed E-state index contributed by atoms with van der Waals surface area (Å²) in [5.41, 5.74) is 1.04. The zero-order valence-electron chi connectivity index (χ0n) is 10.9. The highest BCUT2D eigenvalue weighted by molar-refractivity contribution is 5.46. The second-order valence-electron chi connectivity index (χ2n) is 3.72. The van der Waals surface area contributed by atoms with E-state index in [1.54, 1.807) is 14.2 Å². The minimum absolute atomic E-state index is 0.170. The average Bonchev–Trinajstić information content (AvgIpc) is 2.37. The summed E-state index contributed by atoms with van der Waals surface area (Å²) in [5.74, 6) is 1.67. The lowest BCUT2D eigenvalue weighted by Gasteiger charge is -2.19. The Kier molecular flexibility index (Phi) is 5.80. The van der Waals surface area contributed by atoms with Crippen molar-refractivity contribution in [1.29, 1.82) is 0 Å². The molecule has 0 radical (unpaired) electrons. The molecule has 1 aromatic rings. The van der Waals surface area contributed by atoms with Gasteiger partial charge in [0.15, 0.2) is 0 Å². The third kappa shape index (κ3) is 3.61. The van der Waals surface area contributed by atoms with Gasteiger partial charge in [-0.3, -0.25) is 0 Å². The van der Waals surface area contributed by atoms with Crippen LogP contribution in [0.3, 0.4) is 0 Å². The van der Waals surface area contributed by atoms with Crippen molar-refractivity contribution in [2.45, 2.75) is 13.0 Å². The number of hydrogen-bond donors (Lipinski definition) is 1. The maximum Gasteiger partial charge on any atom is 0.127 e. The molecule has 96 valence electrons. The van der Waals surface area contributed by atoms with E-state index in [-0.39, 0.29) is 6.04 Å². The molecule has 1 rings (SSSR count). The van der Waals surface area contributed by atoms with Gasteiger partial charge in [0.25, 0.3) is 0 Å². The predicted octanol–water partition coefficient (Wildman–Crippen LogP) is 2.00. The van der Waals surface area contributed by atoms with Gasteiger partial charge >= 0.3 is 0 Å². The summed E-state index contributed by atoms with van der Waals surface area (Å²) >= 11 is 0. The Hall–Kier alpha value is -1.26. The first-order valence-electron chi connectivity index (χ1n) is 5.70. The Morgan fingerprint density at radius 1 is 1.18 bits per heavy atom. The molecule has 0 bridgehead atoms. The van der Waals surface area contributed by atoms with Crippen LogP contribution in [0.2, 0.25) is 0 Å². The van der Waals surface area contributed by atoms with Crippen molar-refractivity contribution in [3.8, 4) is 11.5 Å². The quantitative estimate of drug-likeness (QED) is 0.739. The van der Waals surface area contributed by atoms with Crippen LogP contribution >= 0.6 is 0 Å². The van der Waals surface area contributed by atoms with Gasteiger partial charge in [-0.2, -0.15) is 0 Å². The van der Waals surface area contributed by atoms with Crippen LogP contribution in [-0.4, -0.2) is 34.5 Å². The lowest BCUT2D eigenvalue weighted by Crippen LogP contribution is -2.16. The molecule has 1 unspecified atom stereocenters. The van der Waals surface area contributed by atoms with Crippen molar-refractivity contribution in [2.75, 3.05) is 34.5 Å². The predicted molar refractivity (Wildman–Crippen MR) is 67.8 cm³/mol. The first-order valence-corrected chi connectivity index (χ1v) is 5.70. The Balaban J connectivity index is 2.93. The molecule has 0 fully saturated rings. The zero-order valence-corrected chi connectivity index (χ0v) is 10.9. The largest absolute Gasteiger partial charge is 0.496 e. The Labute approximate surface area is 103 Å². The van der Waals surface area contributed by atoms with Gasteiger partial charge in [0.2, 0.25) is 0 Å². The van der Waals surface area contributed by atoms with Gasteiger partial charge in [0.05, 0.1) is 19.3 Å². The highest BCUT2D eigenvalue weighted by Gasteiger charge is 2.15. The van der Waals surface area contributed by atoms with Crippen LogP contribution in [0.5, 0.6) is 11.5 Å². The van der Waals surface area contributed by atoms with Crippen LogP contribution in [-0.2, 0) is 4.74 Å². The van der Waals surface area contributed by atoms with Crippen LogP contribution in [0.4, 0.5) is 0 Å². The van der Waals surface area contributed by atoms with Crippen molar-refractivity contribution < 1.29 is 14.2 Å². The molecule has 0 aliphatic carbocycles. The average molecular weight is 239 g/mol. The zero-order chi connectivity index (χ0) is 12.7. The number of hydrogen-bond acceptors (Lipinski definition) is 4. The van der Waals surface area contributed by atoms with Gasteiger partial charge in [0, 0.05) is 13.2 Å². The van der Waals surface area contributed by atoms with Crippen molar-refractivity contribution in [1.82, 2.24) is 5.32 Å². The molecule has 1 aromatic carbocycles. The molecule has 1 atom stereocenters. The van der Waals surface area contributed by atoms with E-state index in [9.17, 15) is 0 Å². The molecule has 0 aliphatic heterocycles. The standard InChI is InChI=1S/C13H21NO3/c1-10(14-2)13-11(16-4)6-5-7-12(13)17-9-8-15-3/h5-7,10,14H,8-9H2,1-4H3. The normalized spacial score (nSPS) is 12.2. The SMILES string of the molecule is CNC(C)c1c(OC)cccc1OCCOC. The fourth-order valence-corrected chi connectivity index (χ4v) is 1.63. The molecule has 0 aliphatic rings. The van der Waals surface area contributed by atoms with Crippen molar-refractivity contribution in [2.24, 2.45) is 0 Å². The van der Waals surface area contributed by atoms with Crippen LogP contribution < -0.4 is 14.8 Å². The molecule has 4 heteroatoms. The minimum Gasteiger partial charge on any atom is -0.496 e. The van der Waals surface area contributed by atoms with Gasteiger partial charge in [0.1, 0.15) is 18.1 Å². The molecule has 0 heterocycles. The molecule has 0 saturated heterocycles. The third-order valence-electron chi connectivity index (χ3n) is 2.66. The Morgan fingerprint density at radius 2 is 1.88 bits per heavy atom. The topological polar surface area (TPSA) is 39.7 Å². The number of rotatable bonds is 7. The van der Waals surface area contributed by atoms with E-state index >= 15 is 0 Å². The van der Waals surface area contributed by atoms with Crippen LogP contribution in [0.15, 0.2) is 18.2 Å². The molecule has 4 nitrogen and oxygen atoms in total. The van der Waals surface area contributed by atoms with Crippen LogP contribution in [0.1, 0.15) is 18.5 Å². The van der Waals surface area contributed by atoms with E-state index in [2.05, 4.69) is 12.2 Å². The minimum atomic E-state index is 0.170. The summed E-state index contributed by atoms with van der Waals surface area (Å²) in [4.78, 5) is 0. The van der Waals surface area contributed by atoms with E-state index in [0.717, 1.165) is 17.1 Å². The first kappa shape index (κ1) is 13.8. The van der Waals surface area contributed by atoms with Crippen LogP contribution in [0.25, 0.3) is 0 Å². The van der Waals surface area contributed by atoms with Gasteiger partial charge in [-0.05, 0) is 26.1 Å². The maximum absolute atomic E-state index is 5.70. The van der Waals surface area contributed by atoms with Gasteiger partial charge in [-0.15, -0.1) is 0 Å². The molecular weight excluding hydrogens is 218 g/mol. The van der Waals surface area contributed by atoms with Gasteiger partial charge in [-0.1, -0.05) is 6.07 Å². The number of ether oxygens (including phenoxy) is 3. The summed E-state index contributed by atoms with van der Waals surface area (Å²) < 4.78 is 16.0. The number of nitrogens with one attached hydrogen (secondary N) is 1. The summed E-state index contributed by atoms with van der Waals surface area (Å²) in [6, 6.07) is 5.98. The van der Waals surface area contributed by atoms with Crippen molar-refractivity contribution in [3.05, 3.63) is 23.8 Å². The van der Waals surface area contributed by atoms with Crippen LogP contribution in [0, 0.1) is 0 Å². The molecule has 0 saturated carbocycles. The maximum atomic E-state index is 5.70. The summed E-state index contributed by atoms with van der Waals surface area (Å²) in [6.45, 7) is 3.18. The Bertz CT molecular complexity index is 341. The third-order valence-corrected chi connectivity index (χ3v) is 2.66. The van der Waals surface area contributed by atoms with E-state index < -0.39 is 0 Å². The first-order chi connectivity index (χ1) is 8.24. The smallest absolute Gasteiger partial charge is 0.127 e. The van der Waals surface area contributed by atoms with Gasteiger partial charge in [-0.25, -0.2) is 0 Å². The van der Waals surface area contributed by atoms with E-state index in [0.29, 0.717) is 13.2 Å². The number of methoxy groups -OCH3 is 2. The van der Waals surface area contributed by atoms with E-state index in [4.69, 9.17) is 14.2 Å². The molecule has 0 spiro atoms. The Morgan fingerprint density at radius 3 is 2.47 bits per heavy atom. The molecule has 17 heavy (non-hydrogen) atoms. The number of benzene rings is 1. The van der Waals surface area contributed by atoms with Crippen molar-refractivity contribution in [3.63, 3.8) is 0 Å². The highest BCUT2D eigenvalue weighted by atomic mass is 16.5. The van der Waals surface area contributed by atoms with Crippen molar-refractivity contribution >= 4 is 0 Å². The monoisotopic (exact) mass is 239 g/mol. The fraction of sp³-hybridized carbons (Fsp3) is 0.538. The fourth-order valence-electron chi connectivity index (χ4n) is 1.63. The second-order valence-corrected chi connectivity index (χ2v) is 3.72. The van der Waals surface area contributed by atoms with E-state index in [1.807, 2.05) is 25.2 Å². The summed E-state index contributed by atoms with van der Waals surface area (Å²) in [5, 5.41) is 3.20. The molecule has 0 aromatic heterocycles. The lowest BCUT2D eigenvalue weighted by atomic mass is 10.1. The lowest BCUT2D eigenvalue weighted by molar-refractivity contribution is 0.145. The summed E-state index contributed by atoms with van der Waals surface area (Å²) in [6.07, 6.45) is 0. The summed E-state index contributed by atoms with van der Waals surface area (Å²) in [7, 11) is 5.24.